The van der Waals surface area contributed by atoms with Crippen molar-refractivity contribution >= 4 is 5.91 Å². The van der Waals surface area contributed by atoms with Crippen LogP contribution in [0, 0.1) is 5.82 Å². The van der Waals surface area contributed by atoms with Gasteiger partial charge in [-0.15, -0.1) is 0 Å². The highest BCUT2D eigenvalue weighted by atomic mass is 19.1. The third-order valence-corrected chi connectivity index (χ3v) is 4.30. The van der Waals surface area contributed by atoms with E-state index in [4.69, 9.17) is 4.74 Å². The molecule has 5 nitrogen and oxygen atoms in total. The number of hydrogen-bond acceptors (Lipinski definition) is 3. The standard InChI is InChI=1S/C18H22FN3O2/c1-11(2)16-10-15(21-22(16)3)18(23)20-14-8-5-9-24-17-12(14)6-4-7-13(17)19/h4,6-7,10-11,14H,5,8-9H2,1-3H3,(H,20,23)/t14-/m1/s1. The molecule has 0 saturated carbocycles. The molecule has 1 aliphatic rings. The molecule has 0 aliphatic carbocycles. The molecule has 1 aliphatic heterocycles. The number of halogens is 1. The van der Waals surface area contributed by atoms with E-state index >= 15 is 0 Å². The highest BCUT2D eigenvalue weighted by molar-refractivity contribution is 5.92. The van der Waals surface area contributed by atoms with Gasteiger partial charge in [0.2, 0.25) is 0 Å². The van der Waals surface area contributed by atoms with Crippen LogP contribution in [0.4, 0.5) is 4.39 Å². The Morgan fingerprint density at radius 3 is 2.96 bits per heavy atom. The zero-order chi connectivity index (χ0) is 17.3. The maximum Gasteiger partial charge on any atom is 0.272 e. The number of nitrogens with one attached hydrogen (secondary N) is 1. The summed E-state index contributed by atoms with van der Waals surface area (Å²) in [5, 5.41) is 7.27. The molecule has 0 spiro atoms. The van der Waals surface area contributed by atoms with Crippen LogP contribution in [-0.2, 0) is 7.05 Å². The Labute approximate surface area is 140 Å². The maximum atomic E-state index is 14.0. The number of rotatable bonds is 3. The molecule has 0 radical (unpaired) electrons. The Morgan fingerprint density at radius 2 is 2.25 bits per heavy atom. The lowest BCUT2D eigenvalue weighted by Gasteiger charge is -2.18. The normalized spacial score (nSPS) is 17.1. The van der Waals surface area contributed by atoms with Crippen molar-refractivity contribution in [3.8, 4) is 5.75 Å². The third kappa shape index (κ3) is 3.13. The minimum absolute atomic E-state index is 0.240. The van der Waals surface area contributed by atoms with Crippen molar-refractivity contribution in [3.05, 3.63) is 47.0 Å². The minimum atomic E-state index is -0.395. The van der Waals surface area contributed by atoms with Gasteiger partial charge in [0, 0.05) is 18.3 Å². The molecule has 128 valence electrons. The largest absolute Gasteiger partial charge is 0.490 e. The molecule has 0 fully saturated rings. The van der Waals surface area contributed by atoms with E-state index in [1.807, 2.05) is 7.05 Å². The van der Waals surface area contributed by atoms with Crippen molar-refractivity contribution in [1.82, 2.24) is 15.1 Å². The minimum Gasteiger partial charge on any atom is -0.490 e. The average Bonchev–Trinajstić information content (AvgIpc) is 2.81. The second-order valence-corrected chi connectivity index (χ2v) is 6.41. The van der Waals surface area contributed by atoms with E-state index < -0.39 is 5.82 Å². The van der Waals surface area contributed by atoms with E-state index in [1.165, 1.54) is 6.07 Å². The summed E-state index contributed by atoms with van der Waals surface area (Å²) >= 11 is 0. The van der Waals surface area contributed by atoms with Gasteiger partial charge in [-0.2, -0.15) is 5.10 Å². The molecular weight excluding hydrogens is 309 g/mol. The maximum absolute atomic E-state index is 14.0. The molecule has 2 aromatic rings. The Kier molecular flexibility index (Phi) is 4.55. The van der Waals surface area contributed by atoms with E-state index in [0.29, 0.717) is 24.3 Å². The van der Waals surface area contributed by atoms with Gasteiger partial charge in [-0.1, -0.05) is 26.0 Å². The Hall–Kier alpha value is -2.37. The summed E-state index contributed by atoms with van der Waals surface area (Å²) < 4.78 is 21.2. The molecule has 1 aromatic carbocycles. The fourth-order valence-corrected chi connectivity index (χ4v) is 3.08. The van der Waals surface area contributed by atoms with Gasteiger partial charge in [-0.25, -0.2) is 4.39 Å². The predicted molar refractivity (Wildman–Crippen MR) is 88.6 cm³/mol. The number of benzene rings is 1. The van der Waals surface area contributed by atoms with Gasteiger partial charge in [0.25, 0.3) is 5.91 Å². The van der Waals surface area contributed by atoms with Crippen LogP contribution in [0.5, 0.6) is 5.75 Å². The first kappa shape index (κ1) is 16.5. The van der Waals surface area contributed by atoms with Gasteiger partial charge in [0.15, 0.2) is 11.6 Å². The Bertz CT molecular complexity index is 755. The lowest BCUT2D eigenvalue weighted by atomic mass is 10.0. The van der Waals surface area contributed by atoms with Crippen LogP contribution in [0.25, 0.3) is 0 Å². The molecule has 3 rings (SSSR count). The topological polar surface area (TPSA) is 56.1 Å². The van der Waals surface area contributed by atoms with Gasteiger partial charge >= 0.3 is 0 Å². The van der Waals surface area contributed by atoms with Gasteiger partial charge in [0.05, 0.1) is 12.6 Å². The zero-order valence-corrected chi connectivity index (χ0v) is 14.2. The Balaban J connectivity index is 1.85. The van der Waals surface area contributed by atoms with Crippen LogP contribution >= 0.6 is 0 Å². The summed E-state index contributed by atoms with van der Waals surface area (Å²) in [7, 11) is 1.83. The number of hydrogen-bond donors (Lipinski definition) is 1. The monoisotopic (exact) mass is 331 g/mol. The second-order valence-electron chi connectivity index (χ2n) is 6.41. The molecule has 0 saturated heterocycles. The van der Waals surface area contributed by atoms with Crippen LogP contribution in [0.2, 0.25) is 0 Å². The van der Waals surface area contributed by atoms with Crippen molar-refractivity contribution in [2.45, 2.75) is 38.6 Å². The summed E-state index contributed by atoms with van der Waals surface area (Å²) in [5.41, 5.74) is 2.06. The van der Waals surface area contributed by atoms with Crippen LogP contribution in [0.1, 0.15) is 60.4 Å². The molecule has 2 heterocycles. The highest BCUT2D eigenvalue weighted by Crippen LogP contribution is 2.33. The number of aromatic nitrogens is 2. The van der Waals surface area contributed by atoms with E-state index in [1.54, 1.807) is 22.9 Å². The van der Waals surface area contributed by atoms with E-state index in [0.717, 1.165) is 12.1 Å². The second kappa shape index (κ2) is 6.63. The molecule has 6 heteroatoms. The third-order valence-electron chi connectivity index (χ3n) is 4.30. The van der Waals surface area contributed by atoms with Gasteiger partial charge in [0.1, 0.15) is 5.69 Å². The van der Waals surface area contributed by atoms with Gasteiger partial charge < -0.3 is 10.1 Å². The average molecular weight is 331 g/mol. The van der Waals surface area contributed by atoms with Crippen LogP contribution in [-0.4, -0.2) is 22.3 Å². The molecular formula is C18H22FN3O2. The smallest absolute Gasteiger partial charge is 0.272 e. The number of ether oxygens (including phenoxy) is 1. The van der Waals surface area contributed by atoms with Crippen molar-refractivity contribution in [2.75, 3.05) is 6.61 Å². The van der Waals surface area contributed by atoms with Crippen LogP contribution in [0.15, 0.2) is 24.3 Å². The van der Waals surface area contributed by atoms with Crippen molar-refractivity contribution in [1.29, 1.82) is 0 Å². The van der Waals surface area contributed by atoms with Crippen molar-refractivity contribution in [2.24, 2.45) is 7.05 Å². The summed E-state index contributed by atoms with van der Waals surface area (Å²) in [6.07, 6.45) is 1.45. The first-order valence-electron chi connectivity index (χ1n) is 8.23. The molecule has 0 bridgehead atoms. The lowest BCUT2D eigenvalue weighted by Crippen LogP contribution is -2.28. The highest BCUT2D eigenvalue weighted by Gasteiger charge is 2.25. The molecule has 1 aromatic heterocycles. The number of aryl methyl sites for hydroxylation is 1. The molecule has 24 heavy (non-hydrogen) atoms. The number of fused-ring (bicyclic) bond motifs is 1. The van der Waals surface area contributed by atoms with Crippen molar-refractivity contribution < 1.29 is 13.9 Å². The first-order valence-corrected chi connectivity index (χ1v) is 8.23. The van der Waals surface area contributed by atoms with E-state index in [2.05, 4.69) is 24.3 Å². The molecule has 1 N–H and O–H groups in total. The molecule has 0 unspecified atom stereocenters. The SMILES string of the molecule is CC(C)c1cc(C(=O)N[C@@H]2CCCOc3c(F)cccc32)nn1C. The van der Waals surface area contributed by atoms with Crippen molar-refractivity contribution in [3.63, 3.8) is 0 Å². The lowest BCUT2D eigenvalue weighted by molar-refractivity contribution is 0.0929. The fraction of sp³-hybridized carbons (Fsp3) is 0.444. The Morgan fingerprint density at radius 1 is 1.46 bits per heavy atom. The van der Waals surface area contributed by atoms with E-state index in [9.17, 15) is 9.18 Å². The van der Waals surface area contributed by atoms with Crippen LogP contribution < -0.4 is 10.1 Å². The van der Waals surface area contributed by atoms with Gasteiger partial charge in [-0.3, -0.25) is 9.48 Å². The summed E-state index contributed by atoms with van der Waals surface area (Å²) in [6, 6.07) is 6.33. The molecule has 1 atom stereocenters. The molecule has 1 amide bonds. The summed E-state index contributed by atoms with van der Waals surface area (Å²) in [6.45, 7) is 4.56. The number of para-hydroxylation sites is 1. The van der Waals surface area contributed by atoms with E-state index in [-0.39, 0.29) is 23.6 Å². The predicted octanol–water partition coefficient (Wildman–Crippen LogP) is 3.33. The van der Waals surface area contributed by atoms with Gasteiger partial charge in [-0.05, 0) is 30.9 Å². The number of nitrogens with zero attached hydrogens (tertiary/aromatic N) is 2. The zero-order valence-electron chi connectivity index (χ0n) is 14.2. The van der Waals surface area contributed by atoms with Crippen LogP contribution in [0.3, 0.4) is 0 Å². The number of carbonyl (C=O) groups excluding carboxylic acids is 1. The summed E-state index contributed by atoms with van der Waals surface area (Å²) in [5.74, 6) is -0.123. The first-order chi connectivity index (χ1) is 11.5. The quantitative estimate of drug-likeness (QED) is 0.938. The number of carbonyl (C=O) groups is 1. The summed E-state index contributed by atoms with van der Waals surface area (Å²) in [4.78, 5) is 12.6. The fourth-order valence-electron chi connectivity index (χ4n) is 3.08. The number of amides is 1.